The van der Waals surface area contributed by atoms with Gasteiger partial charge in [-0.15, -0.1) is 0 Å². The Kier molecular flexibility index (Phi) is 2.69. The van der Waals surface area contributed by atoms with E-state index in [1.165, 1.54) is 12.3 Å². The van der Waals surface area contributed by atoms with Crippen molar-refractivity contribution < 1.29 is 9.53 Å². The van der Waals surface area contributed by atoms with Gasteiger partial charge >= 0.3 is 5.97 Å². The highest BCUT2D eigenvalue weighted by atomic mass is 16.6. The molecule has 0 saturated heterocycles. The summed E-state index contributed by atoms with van der Waals surface area (Å²) in [5.41, 5.74) is 4.85. The molecule has 0 saturated carbocycles. The highest BCUT2D eigenvalue weighted by Gasteiger charge is 2.19. The molecule has 0 spiro atoms. The van der Waals surface area contributed by atoms with Gasteiger partial charge in [-0.3, -0.25) is 0 Å². The first-order chi connectivity index (χ1) is 6.38. The van der Waals surface area contributed by atoms with Crippen molar-refractivity contribution in [3.8, 4) is 0 Å². The molecule has 0 fully saturated rings. The minimum atomic E-state index is -0.565. The van der Waals surface area contributed by atoms with E-state index in [9.17, 15) is 4.79 Å². The molecule has 0 aliphatic heterocycles. The average molecular weight is 195 g/mol. The highest BCUT2D eigenvalue weighted by Crippen LogP contribution is 2.09. The fraction of sp³-hybridized carbons (Fsp3) is 0.444. The Morgan fingerprint density at radius 3 is 2.64 bits per heavy atom. The predicted molar refractivity (Wildman–Crippen MR) is 51.6 cm³/mol. The maximum Gasteiger partial charge on any atom is 0.376 e. The molecule has 0 bridgehead atoms. The molecule has 1 heterocycles. The monoisotopic (exact) mass is 195 g/mol. The summed E-state index contributed by atoms with van der Waals surface area (Å²) >= 11 is 0. The van der Waals surface area contributed by atoms with Gasteiger partial charge < -0.3 is 10.5 Å². The lowest BCUT2D eigenvalue weighted by atomic mass is 10.2. The zero-order chi connectivity index (χ0) is 10.8. The Morgan fingerprint density at radius 1 is 1.50 bits per heavy atom. The highest BCUT2D eigenvalue weighted by molar-refractivity contribution is 5.85. The van der Waals surface area contributed by atoms with E-state index in [1.54, 1.807) is 20.8 Å². The van der Waals surface area contributed by atoms with E-state index in [0.29, 0.717) is 0 Å². The summed E-state index contributed by atoms with van der Waals surface area (Å²) in [7, 11) is 0. The lowest BCUT2D eigenvalue weighted by Crippen LogP contribution is -2.25. The van der Waals surface area contributed by atoms with Crippen molar-refractivity contribution in [2.45, 2.75) is 26.4 Å². The molecule has 0 aromatic carbocycles. The van der Waals surface area contributed by atoms with Crippen LogP contribution in [0.2, 0.25) is 0 Å². The summed E-state index contributed by atoms with van der Waals surface area (Å²) in [6.45, 7) is 5.32. The Morgan fingerprint density at radius 2 is 2.14 bits per heavy atom. The largest absolute Gasteiger partial charge is 0.454 e. The quantitative estimate of drug-likeness (QED) is 0.677. The number of hydrogen-bond donors (Lipinski definition) is 1. The van der Waals surface area contributed by atoms with E-state index in [1.807, 2.05) is 0 Å². The lowest BCUT2D eigenvalue weighted by Gasteiger charge is -2.18. The summed E-state index contributed by atoms with van der Waals surface area (Å²) in [4.78, 5) is 18.9. The van der Waals surface area contributed by atoms with Gasteiger partial charge in [0.1, 0.15) is 11.4 Å². The molecule has 5 heteroatoms. The van der Waals surface area contributed by atoms with Crippen molar-refractivity contribution in [2.24, 2.45) is 0 Å². The minimum Gasteiger partial charge on any atom is -0.454 e. The predicted octanol–water partition coefficient (Wildman–Crippen LogP) is 1.01. The molecule has 0 amide bonds. The van der Waals surface area contributed by atoms with Crippen molar-refractivity contribution >= 4 is 11.8 Å². The van der Waals surface area contributed by atoms with Crippen LogP contribution in [0, 0.1) is 0 Å². The van der Waals surface area contributed by atoms with Gasteiger partial charge in [0, 0.05) is 6.20 Å². The van der Waals surface area contributed by atoms with Crippen LogP contribution in [0.5, 0.6) is 0 Å². The molecule has 1 rings (SSSR count). The number of aromatic nitrogens is 2. The first-order valence-electron chi connectivity index (χ1n) is 4.20. The van der Waals surface area contributed by atoms with Crippen LogP contribution in [0.25, 0.3) is 0 Å². The number of nitrogens with two attached hydrogens (primary N) is 1. The second kappa shape index (κ2) is 3.61. The van der Waals surface area contributed by atoms with Crippen LogP contribution in [0.15, 0.2) is 12.3 Å². The molecule has 14 heavy (non-hydrogen) atoms. The normalized spacial score (nSPS) is 11.1. The summed E-state index contributed by atoms with van der Waals surface area (Å²) in [5, 5.41) is 0. The molecular weight excluding hydrogens is 182 g/mol. The Hall–Kier alpha value is -1.65. The molecule has 0 aliphatic rings. The third-order valence-corrected chi connectivity index (χ3v) is 1.26. The molecule has 5 nitrogen and oxygen atoms in total. The van der Waals surface area contributed by atoms with Crippen LogP contribution in [0.4, 0.5) is 5.82 Å². The first kappa shape index (κ1) is 10.4. The lowest BCUT2D eigenvalue weighted by molar-refractivity contribution is 0.00557. The number of nitrogens with zero attached hydrogens (tertiary/aromatic N) is 2. The Labute approximate surface area is 82.3 Å². The number of esters is 1. The average Bonchev–Trinajstić information content (AvgIpc) is 2.01. The third kappa shape index (κ3) is 3.01. The van der Waals surface area contributed by atoms with Crippen LogP contribution in [-0.2, 0) is 4.74 Å². The Bertz CT molecular complexity index is 344. The number of hydrogen-bond acceptors (Lipinski definition) is 5. The molecule has 0 atom stereocenters. The summed E-state index contributed by atoms with van der Waals surface area (Å²) in [5.74, 6) is -0.328. The van der Waals surface area contributed by atoms with E-state index < -0.39 is 11.6 Å². The van der Waals surface area contributed by atoms with Crippen LogP contribution in [0.1, 0.15) is 31.4 Å². The number of anilines is 1. The molecule has 1 aromatic heterocycles. The summed E-state index contributed by atoms with van der Waals surface area (Å²) in [6, 6.07) is 1.51. The molecule has 0 aliphatic carbocycles. The maximum absolute atomic E-state index is 11.4. The minimum absolute atomic E-state index is 0.0140. The second-order valence-corrected chi connectivity index (χ2v) is 3.81. The van der Waals surface area contributed by atoms with Crippen LogP contribution >= 0.6 is 0 Å². The van der Waals surface area contributed by atoms with E-state index in [0.717, 1.165) is 0 Å². The van der Waals surface area contributed by atoms with Crippen molar-refractivity contribution in [1.29, 1.82) is 0 Å². The van der Waals surface area contributed by atoms with Gasteiger partial charge in [-0.2, -0.15) is 0 Å². The molecular formula is C9H13N3O2. The molecule has 2 N–H and O–H groups in total. The van der Waals surface area contributed by atoms with Gasteiger partial charge in [0.2, 0.25) is 5.82 Å². The standard InChI is InChI=1S/C9H13N3O2/c1-9(2,3)14-8(13)7-11-5-4-6(10)12-7/h4-5H,1-3H3,(H2,10,11,12). The number of rotatable bonds is 1. The van der Waals surface area contributed by atoms with Crippen molar-refractivity contribution in [2.75, 3.05) is 5.73 Å². The fourth-order valence-electron chi connectivity index (χ4n) is 0.795. The zero-order valence-electron chi connectivity index (χ0n) is 8.44. The van der Waals surface area contributed by atoms with Crippen LogP contribution < -0.4 is 5.73 Å². The first-order valence-corrected chi connectivity index (χ1v) is 4.20. The molecule has 0 radical (unpaired) electrons. The number of carbonyl (C=O) groups excluding carboxylic acids is 1. The van der Waals surface area contributed by atoms with E-state index in [2.05, 4.69) is 9.97 Å². The number of nitrogen functional groups attached to an aromatic ring is 1. The van der Waals surface area contributed by atoms with Gasteiger partial charge in [-0.05, 0) is 26.8 Å². The van der Waals surface area contributed by atoms with E-state index >= 15 is 0 Å². The fourth-order valence-corrected chi connectivity index (χ4v) is 0.795. The molecule has 0 unspecified atom stereocenters. The van der Waals surface area contributed by atoms with Crippen molar-refractivity contribution in [1.82, 2.24) is 9.97 Å². The topological polar surface area (TPSA) is 78.1 Å². The molecule has 1 aromatic rings. The second-order valence-electron chi connectivity index (χ2n) is 3.81. The van der Waals surface area contributed by atoms with E-state index in [4.69, 9.17) is 10.5 Å². The van der Waals surface area contributed by atoms with Gasteiger partial charge in [0.15, 0.2) is 0 Å². The van der Waals surface area contributed by atoms with Gasteiger partial charge in [-0.25, -0.2) is 14.8 Å². The SMILES string of the molecule is CC(C)(C)OC(=O)c1nccc(N)n1. The number of ether oxygens (including phenoxy) is 1. The van der Waals surface area contributed by atoms with E-state index in [-0.39, 0.29) is 11.6 Å². The smallest absolute Gasteiger partial charge is 0.376 e. The third-order valence-electron chi connectivity index (χ3n) is 1.26. The van der Waals surface area contributed by atoms with Crippen molar-refractivity contribution in [3.63, 3.8) is 0 Å². The summed E-state index contributed by atoms with van der Waals surface area (Å²) < 4.78 is 5.06. The van der Waals surface area contributed by atoms with Gasteiger partial charge in [0.05, 0.1) is 0 Å². The van der Waals surface area contributed by atoms with Gasteiger partial charge in [0.25, 0.3) is 0 Å². The number of carbonyl (C=O) groups is 1. The summed E-state index contributed by atoms with van der Waals surface area (Å²) in [6.07, 6.45) is 1.42. The maximum atomic E-state index is 11.4. The molecule has 76 valence electrons. The Balaban J connectivity index is 2.80. The van der Waals surface area contributed by atoms with Crippen LogP contribution in [-0.4, -0.2) is 21.5 Å². The zero-order valence-corrected chi connectivity index (χ0v) is 8.44. The van der Waals surface area contributed by atoms with Crippen LogP contribution in [0.3, 0.4) is 0 Å². The van der Waals surface area contributed by atoms with Crippen molar-refractivity contribution in [3.05, 3.63) is 18.1 Å². The van der Waals surface area contributed by atoms with Gasteiger partial charge in [-0.1, -0.05) is 0 Å².